The van der Waals surface area contributed by atoms with Gasteiger partial charge >= 0.3 is 17.9 Å². The van der Waals surface area contributed by atoms with E-state index in [-0.39, 0.29) is 31.1 Å². The van der Waals surface area contributed by atoms with Crippen molar-refractivity contribution in [3.8, 4) is 0 Å². The van der Waals surface area contributed by atoms with Crippen LogP contribution in [0.4, 0.5) is 0 Å². The first kappa shape index (κ1) is 53.1. The SMILES string of the molecule is CCCCCCCCC=CCCCCCCCC(=O)OC(COC(=O)CCCCCCCCCCCCC)COC(=O)CCCCCCCCCCCCC. The molecular weight excluding hydrogens is 685 g/mol. The van der Waals surface area contributed by atoms with E-state index in [0.29, 0.717) is 19.3 Å². The number of rotatable bonds is 44. The predicted molar refractivity (Wildman–Crippen MR) is 233 cm³/mol. The molecular formula is C49H92O6. The van der Waals surface area contributed by atoms with Crippen LogP contribution in [-0.2, 0) is 28.6 Å². The Labute approximate surface area is 341 Å². The van der Waals surface area contributed by atoms with Crippen LogP contribution in [0.5, 0.6) is 0 Å². The molecule has 0 aromatic heterocycles. The summed E-state index contributed by atoms with van der Waals surface area (Å²) < 4.78 is 16.7. The van der Waals surface area contributed by atoms with E-state index >= 15 is 0 Å². The first-order chi connectivity index (χ1) is 27.0. The van der Waals surface area contributed by atoms with Gasteiger partial charge in [-0.15, -0.1) is 0 Å². The summed E-state index contributed by atoms with van der Waals surface area (Å²) in [7, 11) is 0. The zero-order valence-corrected chi connectivity index (χ0v) is 37.0. The first-order valence-corrected chi connectivity index (χ1v) is 24.2. The molecule has 0 radical (unpaired) electrons. The predicted octanol–water partition coefficient (Wildman–Crippen LogP) is 15.4. The molecule has 55 heavy (non-hydrogen) atoms. The van der Waals surface area contributed by atoms with Gasteiger partial charge in [-0.3, -0.25) is 14.4 Å². The van der Waals surface area contributed by atoms with E-state index in [2.05, 4.69) is 32.9 Å². The van der Waals surface area contributed by atoms with E-state index in [1.807, 2.05) is 0 Å². The van der Waals surface area contributed by atoms with Gasteiger partial charge in [-0.05, 0) is 44.9 Å². The Morgan fingerprint density at radius 2 is 0.600 bits per heavy atom. The first-order valence-electron chi connectivity index (χ1n) is 24.2. The molecule has 0 amide bonds. The van der Waals surface area contributed by atoms with Crippen molar-refractivity contribution in [2.45, 2.75) is 271 Å². The van der Waals surface area contributed by atoms with Crippen LogP contribution in [0.15, 0.2) is 12.2 Å². The molecule has 0 N–H and O–H groups in total. The van der Waals surface area contributed by atoms with Crippen LogP contribution in [0.1, 0.15) is 265 Å². The van der Waals surface area contributed by atoms with Gasteiger partial charge < -0.3 is 14.2 Å². The maximum absolute atomic E-state index is 12.7. The van der Waals surface area contributed by atoms with Crippen molar-refractivity contribution in [2.24, 2.45) is 0 Å². The summed E-state index contributed by atoms with van der Waals surface area (Å²) in [5.41, 5.74) is 0. The maximum Gasteiger partial charge on any atom is 0.306 e. The Hall–Kier alpha value is -1.85. The lowest BCUT2D eigenvalue weighted by atomic mass is 10.1. The van der Waals surface area contributed by atoms with Crippen molar-refractivity contribution < 1.29 is 28.6 Å². The lowest BCUT2D eigenvalue weighted by Gasteiger charge is -2.18. The number of hydrogen-bond donors (Lipinski definition) is 0. The fourth-order valence-electron chi connectivity index (χ4n) is 7.08. The van der Waals surface area contributed by atoms with Gasteiger partial charge in [-0.1, -0.05) is 213 Å². The van der Waals surface area contributed by atoms with Crippen LogP contribution in [0.3, 0.4) is 0 Å². The van der Waals surface area contributed by atoms with Crippen molar-refractivity contribution in [1.82, 2.24) is 0 Å². The van der Waals surface area contributed by atoms with Gasteiger partial charge in [0.25, 0.3) is 0 Å². The number of hydrogen-bond acceptors (Lipinski definition) is 6. The Bertz CT molecular complexity index is 812. The van der Waals surface area contributed by atoms with Crippen molar-refractivity contribution in [2.75, 3.05) is 13.2 Å². The molecule has 0 unspecified atom stereocenters. The lowest BCUT2D eigenvalue weighted by molar-refractivity contribution is -0.167. The normalized spacial score (nSPS) is 11.5. The topological polar surface area (TPSA) is 78.9 Å². The van der Waals surface area contributed by atoms with Gasteiger partial charge in [0.05, 0.1) is 0 Å². The van der Waals surface area contributed by atoms with E-state index in [1.165, 1.54) is 161 Å². The maximum atomic E-state index is 12.7. The highest BCUT2D eigenvalue weighted by Gasteiger charge is 2.19. The van der Waals surface area contributed by atoms with E-state index in [1.54, 1.807) is 0 Å². The molecule has 0 saturated heterocycles. The Morgan fingerprint density at radius 1 is 0.345 bits per heavy atom. The van der Waals surface area contributed by atoms with Crippen molar-refractivity contribution in [3.05, 3.63) is 12.2 Å². The molecule has 0 heterocycles. The second-order valence-electron chi connectivity index (χ2n) is 16.4. The zero-order valence-electron chi connectivity index (χ0n) is 37.0. The van der Waals surface area contributed by atoms with Crippen LogP contribution in [0.2, 0.25) is 0 Å². The van der Waals surface area contributed by atoms with E-state index in [4.69, 9.17) is 14.2 Å². The fraction of sp³-hybridized carbons (Fsp3) is 0.898. The number of esters is 3. The molecule has 0 aromatic rings. The second-order valence-corrected chi connectivity index (χ2v) is 16.4. The number of carbonyl (C=O) groups is 3. The highest BCUT2D eigenvalue weighted by atomic mass is 16.6. The van der Waals surface area contributed by atoms with Crippen molar-refractivity contribution in [3.63, 3.8) is 0 Å². The van der Waals surface area contributed by atoms with Gasteiger partial charge in [0.1, 0.15) is 13.2 Å². The molecule has 0 atom stereocenters. The Kier molecular flexibility index (Phi) is 43.4. The quantitative estimate of drug-likeness (QED) is 0.0265. The highest BCUT2D eigenvalue weighted by molar-refractivity contribution is 5.71. The number of allylic oxidation sites excluding steroid dienone is 2. The van der Waals surface area contributed by atoms with Gasteiger partial charge in [-0.2, -0.15) is 0 Å². The van der Waals surface area contributed by atoms with Crippen LogP contribution in [-0.4, -0.2) is 37.2 Å². The van der Waals surface area contributed by atoms with Gasteiger partial charge in [0, 0.05) is 19.3 Å². The summed E-state index contributed by atoms with van der Waals surface area (Å²) in [4.78, 5) is 37.8. The molecule has 0 rings (SSSR count). The van der Waals surface area contributed by atoms with Gasteiger partial charge in [-0.25, -0.2) is 0 Å². The highest BCUT2D eigenvalue weighted by Crippen LogP contribution is 2.15. The van der Waals surface area contributed by atoms with Crippen LogP contribution in [0.25, 0.3) is 0 Å². The molecule has 6 nitrogen and oxygen atoms in total. The van der Waals surface area contributed by atoms with Crippen molar-refractivity contribution >= 4 is 17.9 Å². The van der Waals surface area contributed by atoms with Gasteiger partial charge in [0.15, 0.2) is 6.10 Å². The molecule has 324 valence electrons. The monoisotopic (exact) mass is 777 g/mol. The molecule has 0 bridgehead atoms. The van der Waals surface area contributed by atoms with Crippen LogP contribution in [0, 0.1) is 0 Å². The average Bonchev–Trinajstić information content (AvgIpc) is 3.18. The summed E-state index contributed by atoms with van der Waals surface area (Å²) in [6.45, 7) is 6.63. The minimum Gasteiger partial charge on any atom is -0.462 e. The molecule has 0 spiro atoms. The Balaban J connectivity index is 4.34. The third-order valence-electron chi connectivity index (χ3n) is 10.8. The summed E-state index contributed by atoms with van der Waals surface area (Å²) in [6.07, 6.45) is 47.6. The summed E-state index contributed by atoms with van der Waals surface area (Å²) in [5, 5.41) is 0. The molecule has 0 fully saturated rings. The number of carbonyl (C=O) groups excluding carboxylic acids is 3. The van der Waals surface area contributed by atoms with Crippen LogP contribution < -0.4 is 0 Å². The minimum absolute atomic E-state index is 0.0687. The zero-order chi connectivity index (χ0) is 40.1. The average molecular weight is 777 g/mol. The smallest absolute Gasteiger partial charge is 0.306 e. The number of unbranched alkanes of at least 4 members (excludes halogenated alkanes) is 31. The lowest BCUT2D eigenvalue weighted by Crippen LogP contribution is -2.30. The van der Waals surface area contributed by atoms with E-state index in [0.717, 1.165) is 64.2 Å². The summed E-state index contributed by atoms with van der Waals surface area (Å²) >= 11 is 0. The van der Waals surface area contributed by atoms with E-state index < -0.39 is 6.10 Å². The summed E-state index contributed by atoms with van der Waals surface area (Å²) in [6, 6.07) is 0. The fourth-order valence-corrected chi connectivity index (χ4v) is 7.08. The minimum atomic E-state index is -0.766. The van der Waals surface area contributed by atoms with Gasteiger partial charge in [0.2, 0.25) is 0 Å². The van der Waals surface area contributed by atoms with Crippen LogP contribution >= 0.6 is 0 Å². The third kappa shape index (κ3) is 43.1. The molecule has 0 saturated carbocycles. The second kappa shape index (κ2) is 44.9. The number of ether oxygens (including phenoxy) is 3. The third-order valence-corrected chi connectivity index (χ3v) is 10.8. The Morgan fingerprint density at radius 3 is 0.909 bits per heavy atom. The molecule has 0 aliphatic rings. The molecule has 0 aliphatic heterocycles. The largest absolute Gasteiger partial charge is 0.462 e. The molecule has 0 aromatic carbocycles. The standard InChI is InChI=1S/C49H92O6/c1-4-7-10-13-16-19-22-23-24-25-28-31-34-37-40-43-49(52)55-46(44-53-47(50)41-38-35-32-29-26-20-17-14-11-8-5-2)45-54-48(51)42-39-36-33-30-27-21-18-15-12-9-6-3/h23-24,46H,4-22,25-45H2,1-3H3. The van der Waals surface area contributed by atoms with Crippen molar-refractivity contribution in [1.29, 1.82) is 0 Å². The van der Waals surface area contributed by atoms with E-state index in [9.17, 15) is 14.4 Å². The molecule has 6 heteroatoms. The summed E-state index contributed by atoms with van der Waals surface area (Å²) in [5.74, 6) is -0.867. The molecule has 0 aliphatic carbocycles.